The summed E-state index contributed by atoms with van der Waals surface area (Å²) in [5.74, 6) is 1.57. The lowest BCUT2D eigenvalue weighted by Crippen LogP contribution is -2.04. The van der Waals surface area contributed by atoms with Crippen LogP contribution in [0.3, 0.4) is 0 Å². The normalized spacial score (nSPS) is 11.9. The molecule has 0 aromatic heterocycles. The highest BCUT2D eigenvalue weighted by molar-refractivity contribution is 6.30. The van der Waals surface area contributed by atoms with E-state index in [9.17, 15) is 5.11 Å². The third-order valence-electron chi connectivity index (χ3n) is 3.19. The molecule has 4 nitrogen and oxygen atoms in total. The molecule has 0 saturated carbocycles. The molecule has 2 aromatic carbocycles. The monoisotopic (exact) mass is 308 g/mol. The highest BCUT2D eigenvalue weighted by Crippen LogP contribution is 2.39. The molecule has 0 radical (unpaired) electrons. The van der Waals surface area contributed by atoms with Crippen LogP contribution in [0, 0.1) is 0 Å². The third-order valence-corrected chi connectivity index (χ3v) is 3.43. The smallest absolute Gasteiger partial charge is 0.164 e. The van der Waals surface area contributed by atoms with Gasteiger partial charge in [-0.1, -0.05) is 23.7 Å². The quantitative estimate of drug-likeness (QED) is 0.919. The molecule has 0 saturated heterocycles. The first-order valence-electron chi connectivity index (χ1n) is 6.34. The lowest BCUT2D eigenvalue weighted by molar-refractivity contribution is 0.213. The molecule has 1 atom stereocenters. The van der Waals surface area contributed by atoms with E-state index in [1.807, 2.05) is 0 Å². The van der Waals surface area contributed by atoms with Gasteiger partial charge in [-0.3, -0.25) is 0 Å². The van der Waals surface area contributed by atoms with Crippen LogP contribution in [-0.4, -0.2) is 26.4 Å². The summed E-state index contributed by atoms with van der Waals surface area (Å²) >= 11 is 5.97. The van der Waals surface area contributed by atoms with Crippen molar-refractivity contribution in [2.45, 2.75) is 6.10 Å². The highest BCUT2D eigenvalue weighted by atomic mass is 35.5. The van der Waals surface area contributed by atoms with Crippen molar-refractivity contribution in [2.75, 3.05) is 21.3 Å². The second-order valence-electron chi connectivity index (χ2n) is 4.41. The Morgan fingerprint density at radius 3 is 2.10 bits per heavy atom. The molecule has 0 bridgehead atoms. The number of aliphatic hydroxyl groups excluding tert-OH is 1. The van der Waals surface area contributed by atoms with Gasteiger partial charge in [-0.25, -0.2) is 0 Å². The summed E-state index contributed by atoms with van der Waals surface area (Å²) in [5.41, 5.74) is 1.26. The Morgan fingerprint density at radius 2 is 1.52 bits per heavy atom. The molecular weight excluding hydrogens is 292 g/mol. The zero-order valence-corrected chi connectivity index (χ0v) is 12.8. The molecule has 0 heterocycles. The molecule has 0 amide bonds. The number of halogens is 1. The molecule has 2 rings (SSSR count). The topological polar surface area (TPSA) is 47.9 Å². The van der Waals surface area contributed by atoms with Crippen LogP contribution in [0.5, 0.6) is 17.2 Å². The van der Waals surface area contributed by atoms with Gasteiger partial charge < -0.3 is 19.3 Å². The van der Waals surface area contributed by atoms with E-state index < -0.39 is 6.10 Å². The van der Waals surface area contributed by atoms with Crippen LogP contribution in [0.25, 0.3) is 0 Å². The van der Waals surface area contributed by atoms with Crippen LogP contribution in [0.4, 0.5) is 0 Å². The van der Waals surface area contributed by atoms with Crippen LogP contribution >= 0.6 is 11.6 Å². The van der Waals surface area contributed by atoms with Gasteiger partial charge in [-0.05, 0) is 23.8 Å². The fourth-order valence-electron chi connectivity index (χ4n) is 2.12. The minimum Gasteiger partial charge on any atom is -0.496 e. The lowest BCUT2D eigenvalue weighted by Gasteiger charge is -2.18. The maximum absolute atomic E-state index is 10.6. The van der Waals surface area contributed by atoms with Gasteiger partial charge in [0.25, 0.3) is 0 Å². The standard InChI is InChI=1S/C16H17ClO4/c1-19-13-9-15(21-3)14(20-2)8-12(13)16(18)10-5-4-6-11(17)7-10/h4-9,16,18H,1-3H3. The summed E-state index contributed by atoms with van der Waals surface area (Å²) in [6.45, 7) is 0. The summed E-state index contributed by atoms with van der Waals surface area (Å²) in [7, 11) is 4.62. The van der Waals surface area contributed by atoms with Crippen LogP contribution in [0.1, 0.15) is 17.2 Å². The maximum Gasteiger partial charge on any atom is 0.164 e. The van der Waals surface area contributed by atoms with Crippen LogP contribution in [-0.2, 0) is 0 Å². The van der Waals surface area contributed by atoms with Gasteiger partial charge in [0.2, 0.25) is 0 Å². The Hall–Kier alpha value is -1.91. The number of hydrogen-bond donors (Lipinski definition) is 1. The predicted molar refractivity (Wildman–Crippen MR) is 81.6 cm³/mol. The van der Waals surface area contributed by atoms with Crippen molar-refractivity contribution in [1.82, 2.24) is 0 Å². The lowest BCUT2D eigenvalue weighted by atomic mass is 10.00. The van der Waals surface area contributed by atoms with E-state index >= 15 is 0 Å². The van der Waals surface area contributed by atoms with Crippen LogP contribution in [0.2, 0.25) is 5.02 Å². The fraction of sp³-hybridized carbons (Fsp3) is 0.250. The second-order valence-corrected chi connectivity index (χ2v) is 4.84. The molecule has 2 aromatic rings. The molecule has 1 unspecified atom stereocenters. The Morgan fingerprint density at radius 1 is 0.905 bits per heavy atom. The van der Waals surface area contributed by atoms with Crippen molar-refractivity contribution in [3.63, 3.8) is 0 Å². The fourth-order valence-corrected chi connectivity index (χ4v) is 2.32. The van der Waals surface area contributed by atoms with Crippen molar-refractivity contribution >= 4 is 11.6 Å². The average molecular weight is 309 g/mol. The molecule has 0 aliphatic heterocycles. The van der Waals surface area contributed by atoms with Gasteiger partial charge in [-0.15, -0.1) is 0 Å². The van der Waals surface area contributed by atoms with E-state index in [1.165, 1.54) is 7.11 Å². The van der Waals surface area contributed by atoms with Gasteiger partial charge in [0.15, 0.2) is 11.5 Å². The SMILES string of the molecule is COc1cc(OC)c(C(O)c2cccc(Cl)c2)cc1OC. The van der Waals surface area contributed by atoms with Crippen molar-refractivity contribution < 1.29 is 19.3 Å². The molecule has 0 aliphatic rings. The Kier molecular flexibility index (Phi) is 4.94. The van der Waals surface area contributed by atoms with Crippen molar-refractivity contribution in [1.29, 1.82) is 0 Å². The molecule has 21 heavy (non-hydrogen) atoms. The average Bonchev–Trinajstić information content (AvgIpc) is 2.52. The van der Waals surface area contributed by atoms with E-state index in [0.29, 0.717) is 33.4 Å². The highest BCUT2D eigenvalue weighted by Gasteiger charge is 2.19. The number of ether oxygens (including phenoxy) is 3. The third kappa shape index (κ3) is 3.23. The molecule has 0 aliphatic carbocycles. The summed E-state index contributed by atoms with van der Waals surface area (Å²) in [5, 5.41) is 11.1. The first kappa shape index (κ1) is 15.5. The Bertz CT molecular complexity index is 628. The number of benzene rings is 2. The van der Waals surface area contributed by atoms with Crippen molar-refractivity contribution in [2.24, 2.45) is 0 Å². The second kappa shape index (κ2) is 6.70. The van der Waals surface area contributed by atoms with Gasteiger partial charge in [0.05, 0.1) is 21.3 Å². The number of aliphatic hydroxyl groups is 1. The van der Waals surface area contributed by atoms with E-state index in [0.717, 1.165) is 0 Å². The maximum atomic E-state index is 10.6. The number of methoxy groups -OCH3 is 3. The zero-order chi connectivity index (χ0) is 15.4. The van der Waals surface area contributed by atoms with E-state index in [1.54, 1.807) is 50.6 Å². The summed E-state index contributed by atoms with van der Waals surface area (Å²) < 4.78 is 15.8. The van der Waals surface area contributed by atoms with Gasteiger partial charge in [0.1, 0.15) is 11.9 Å². The molecule has 112 valence electrons. The molecule has 0 spiro atoms. The number of rotatable bonds is 5. The van der Waals surface area contributed by atoms with Crippen LogP contribution in [0.15, 0.2) is 36.4 Å². The van der Waals surface area contributed by atoms with E-state index in [2.05, 4.69) is 0 Å². The molecule has 0 fully saturated rings. The minimum atomic E-state index is -0.876. The summed E-state index contributed by atoms with van der Waals surface area (Å²) in [6, 6.07) is 10.4. The zero-order valence-electron chi connectivity index (χ0n) is 12.1. The van der Waals surface area contributed by atoms with Gasteiger partial charge in [0, 0.05) is 16.7 Å². The number of hydrogen-bond acceptors (Lipinski definition) is 4. The summed E-state index contributed by atoms with van der Waals surface area (Å²) in [6.07, 6.45) is -0.876. The van der Waals surface area contributed by atoms with E-state index in [4.69, 9.17) is 25.8 Å². The Labute approximate surface area is 128 Å². The van der Waals surface area contributed by atoms with E-state index in [-0.39, 0.29) is 0 Å². The Balaban J connectivity index is 2.51. The molecular formula is C16H17ClO4. The molecule has 1 N–H and O–H groups in total. The van der Waals surface area contributed by atoms with Crippen molar-refractivity contribution in [3.05, 3.63) is 52.5 Å². The van der Waals surface area contributed by atoms with Gasteiger partial charge in [-0.2, -0.15) is 0 Å². The minimum absolute atomic E-state index is 0.514. The first-order valence-corrected chi connectivity index (χ1v) is 6.72. The van der Waals surface area contributed by atoms with Crippen LogP contribution < -0.4 is 14.2 Å². The van der Waals surface area contributed by atoms with Gasteiger partial charge >= 0.3 is 0 Å². The largest absolute Gasteiger partial charge is 0.496 e. The molecule has 5 heteroatoms. The first-order chi connectivity index (χ1) is 10.1. The summed E-state index contributed by atoms with van der Waals surface area (Å²) in [4.78, 5) is 0. The van der Waals surface area contributed by atoms with Crippen molar-refractivity contribution in [3.8, 4) is 17.2 Å². The predicted octanol–water partition coefficient (Wildman–Crippen LogP) is 3.45.